The topological polar surface area (TPSA) is 47.0 Å². The summed E-state index contributed by atoms with van der Waals surface area (Å²) in [5.74, 6) is 1.91. The quantitative estimate of drug-likeness (QED) is 0.832. The van der Waals surface area contributed by atoms with Gasteiger partial charge in [-0.25, -0.2) is 9.97 Å². The molecule has 4 nitrogen and oxygen atoms in total. The number of fused-ring (bicyclic) bond motifs is 1. The van der Waals surface area contributed by atoms with Crippen LogP contribution in [0.15, 0.2) is 0 Å². The highest BCUT2D eigenvalue weighted by Gasteiger charge is 2.16. The van der Waals surface area contributed by atoms with Gasteiger partial charge in [0.1, 0.15) is 11.6 Å². The molecule has 1 aliphatic rings. The Labute approximate surface area is 109 Å². The SMILES string of the molecule is CNc1nc(CC(C)OC)nc2c1CCCCC2. The number of aromatic nitrogens is 2. The zero-order valence-electron chi connectivity index (χ0n) is 11.6. The van der Waals surface area contributed by atoms with E-state index in [1.54, 1.807) is 7.11 Å². The summed E-state index contributed by atoms with van der Waals surface area (Å²) in [6, 6.07) is 0. The molecule has 0 saturated carbocycles. The van der Waals surface area contributed by atoms with Crippen molar-refractivity contribution >= 4 is 5.82 Å². The van der Waals surface area contributed by atoms with Crippen LogP contribution in [0.3, 0.4) is 0 Å². The Bertz CT molecular complexity index is 406. The molecule has 0 aliphatic heterocycles. The molecule has 0 spiro atoms. The highest BCUT2D eigenvalue weighted by molar-refractivity contribution is 5.47. The molecule has 1 aromatic heterocycles. The third-order valence-corrected chi connectivity index (χ3v) is 3.59. The van der Waals surface area contributed by atoms with Crippen LogP contribution in [0.1, 0.15) is 43.3 Å². The van der Waals surface area contributed by atoms with Gasteiger partial charge in [-0.15, -0.1) is 0 Å². The minimum Gasteiger partial charge on any atom is -0.381 e. The molecule has 0 amide bonds. The van der Waals surface area contributed by atoms with Gasteiger partial charge in [0.15, 0.2) is 0 Å². The Morgan fingerprint density at radius 1 is 1.22 bits per heavy atom. The monoisotopic (exact) mass is 249 g/mol. The molecule has 100 valence electrons. The molecule has 0 radical (unpaired) electrons. The first-order valence-corrected chi connectivity index (χ1v) is 6.83. The molecule has 2 rings (SSSR count). The van der Waals surface area contributed by atoms with E-state index >= 15 is 0 Å². The molecular weight excluding hydrogens is 226 g/mol. The molecule has 0 saturated heterocycles. The highest BCUT2D eigenvalue weighted by atomic mass is 16.5. The summed E-state index contributed by atoms with van der Waals surface area (Å²) in [5, 5.41) is 3.22. The summed E-state index contributed by atoms with van der Waals surface area (Å²) in [6.45, 7) is 2.05. The van der Waals surface area contributed by atoms with E-state index in [4.69, 9.17) is 9.72 Å². The van der Waals surface area contributed by atoms with Crippen LogP contribution in [-0.4, -0.2) is 30.2 Å². The summed E-state index contributed by atoms with van der Waals surface area (Å²) in [5.41, 5.74) is 2.56. The summed E-state index contributed by atoms with van der Waals surface area (Å²) >= 11 is 0. The Morgan fingerprint density at radius 3 is 2.72 bits per heavy atom. The second-order valence-corrected chi connectivity index (χ2v) is 4.97. The van der Waals surface area contributed by atoms with Crippen molar-refractivity contribution in [2.45, 2.75) is 51.6 Å². The maximum atomic E-state index is 5.30. The van der Waals surface area contributed by atoms with Gasteiger partial charge >= 0.3 is 0 Å². The van der Waals surface area contributed by atoms with E-state index in [2.05, 4.69) is 10.3 Å². The third-order valence-electron chi connectivity index (χ3n) is 3.59. The number of rotatable bonds is 4. The van der Waals surface area contributed by atoms with Gasteiger partial charge < -0.3 is 10.1 Å². The van der Waals surface area contributed by atoms with Gasteiger partial charge in [-0.2, -0.15) is 0 Å². The molecule has 1 aromatic rings. The Morgan fingerprint density at radius 2 is 2.00 bits per heavy atom. The average molecular weight is 249 g/mol. The molecule has 0 fully saturated rings. The van der Waals surface area contributed by atoms with Crippen molar-refractivity contribution in [3.05, 3.63) is 17.1 Å². The van der Waals surface area contributed by atoms with Crippen molar-refractivity contribution in [2.24, 2.45) is 0 Å². The normalized spacial score (nSPS) is 16.8. The van der Waals surface area contributed by atoms with E-state index in [-0.39, 0.29) is 6.10 Å². The van der Waals surface area contributed by atoms with Crippen LogP contribution >= 0.6 is 0 Å². The van der Waals surface area contributed by atoms with E-state index in [0.717, 1.165) is 30.9 Å². The summed E-state index contributed by atoms with van der Waals surface area (Å²) in [6.07, 6.45) is 6.91. The van der Waals surface area contributed by atoms with Crippen molar-refractivity contribution in [3.63, 3.8) is 0 Å². The fourth-order valence-corrected chi connectivity index (χ4v) is 2.46. The lowest BCUT2D eigenvalue weighted by molar-refractivity contribution is 0.117. The van der Waals surface area contributed by atoms with Crippen LogP contribution in [0.4, 0.5) is 5.82 Å². The van der Waals surface area contributed by atoms with Crippen LogP contribution in [0.2, 0.25) is 0 Å². The Balaban J connectivity index is 2.30. The number of anilines is 1. The van der Waals surface area contributed by atoms with E-state index < -0.39 is 0 Å². The lowest BCUT2D eigenvalue weighted by Gasteiger charge is -2.14. The predicted octanol–water partition coefficient (Wildman–Crippen LogP) is 2.36. The molecular formula is C14H23N3O. The molecule has 1 N–H and O–H groups in total. The molecule has 18 heavy (non-hydrogen) atoms. The van der Waals surface area contributed by atoms with Crippen LogP contribution < -0.4 is 5.32 Å². The zero-order valence-corrected chi connectivity index (χ0v) is 11.6. The van der Waals surface area contributed by atoms with E-state index in [9.17, 15) is 0 Å². The number of hydrogen-bond donors (Lipinski definition) is 1. The van der Waals surface area contributed by atoms with Crippen molar-refractivity contribution < 1.29 is 4.74 Å². The van der Waals surface area contributed by atoms with Crippen molar-refractivity contribution in [1.29, 1.82) is 0 Å². The number of methoxy groups -OCH3 is 1. The van der Waals surface area contributed by atoms with Gasteiger partial charge in [-0.1, -0.05) is 6.42 Å². The highest BCUT2D eigenvalue weighted by Crippen LogP contribution is 2.24. The van der Waals surface area contributed by atoms with Gasteiger partial charge in [-0.05, 0) is 32.6 Å². The molecule has 1 unspecified atom stereocenters. The fraction of sp³-hybridized carbons (Fsp3) is 0.714. The largest absolute Gasteiger partial charge is 0.381 e. The molecule has 1 heterocycles. The number of hydrogen-bond acceptors (Lipinski definition) is 4. The summed E-state index contributed by atoms with van der Waals surface area (Å²) in [7, 11) is 3.67. The van der Waals surface area contributed by atoms with Crippen LogP contribution in [-0.2, 0) is 24.0 Å². The lowest BCUT2D eigenvalue weighted by atomic mass is 10.1. The molecule has 1 atom stereocenters. The van der Waals surface area contributed by atoms with Crippen molar-refractivity contribution in [3.8, 4) is 0 Å². The van der Waals surface area contributed by atoms with Crippen LogP contribution in [0, 0.1) is 0 Å². The maximum absolute atomic E-state index is 5.30. The van der Waals surface area contributed by atoms with Gasteiger partial charge in [0, 0.05) is 31.8 Å². The van der Waals surface area contributed by atoms with Gasteiger partial charge in [-0.3, -0.25) is 0 Å². The van der Waals surface area contributed by atoms with Gasteiger partial charge in [0.25, 0.3) is 0 Å². The number of nitrogens with zero attached hydrogens (tertiary/aromatic N) is 2. The van der Waals surface area contributed by atoms with Crippen LogP contribution in [0.25, 0.3) is 0 Å². The summed E-state index contributed by atoms with van der Waals surface area (Å²) < 4.78 is 5.30. The van der Waals surface area contributed by atoms with E-state index in [1.807, 2.05) is 14.0 Å². The smallest absolute Gasteiger partial charge is 0.133 e. The van der Waals surface area contributed by atoms with Gasteiger partial charge in [0.2, 0.25) is 0 Å². The zero-order chi connectivity index (χ0) is 13.0. The van der Waals surface area contributed by atoms with E-state index in [1.165, 1.54) is 30.5 Å². The molecule has 0 aromatic carbocycles. The number of nitrogens with one attached hydrogen (secondary N) is 1. The fourth-order valence-electron chi connectivity index (χ4n) is 2.46. The third kappa shape index (κ3) is 2.99. The number of aryl methyl sites for hydroxylation is 1. The molecule has 0 bridgehead atoms. The molecule has 1 aliphatic carbocycles. The minimum absolute atomic E-state index is 0.165. The van der Waals surface area contributed by atoms with Gasteiger partial charge in [0.05, 0.1) is 6.10 Å². The summed E-state index contributed by atoms with van der Waals surface area (Å²) in [4.78, 5) is 9.37. The Hall–Kier alpha value is -1.16. The maximum Gasteiger partial charge on any atom is 0.133 e. The first-order chi connectivity index (χ1) is 8.74. The predicted molar refractivity (Wildman–Crippen MR) is 73.0 cm³/mol. The second-order valence-electron chi connectivity index (χ2n) is 4.97. The standard InChI is InChI=1S/C14H23N3O/c1-10(18-3)9-13-16-12-8-6-4-5-7-11(12)14(15-2)17-13/h10H,4-9H2,1-3H3,(H,15,16,17). The van der Waals surface area contributed by atoms with E-state index in [0.29, 0.717) is 0 Å². The first-order valence-electron chi connectivity index (χ1n) is 6.83. The second kappa shape index (κ2) is 6.14. The lowest BCUT2D eigenvalue weighted by Crippen LogP contribution is -2.15. The number of ether oxygens (including phenoxy) is 1. The van der Waals surface area contributed by atoms with Crippen LogP contribution in [0.5, 0.6) is 0 Å². The molecule has 4 heteroatoms. The van der Waals surface area contributed by atoms with Crippen molar-refractivity contribution in [1.82, 2.24) is 9.97 Å². The van der Waals surface area contributed by atoms with Crippen molar-refractivity contribution in [2.75, 3.05) is 19.5 Å². The average Bonchev–Trinajstić information content (AvgIpc) is 2.62. The Kier molecular flexibility index (Phi) is 4.53. The minimum atomic E-state index is 0.165. The first kappa shape index (κ1) is 13.3.